The number of aromatic amines is 1. The van der Waals surface area contributed by atoms with Gasteiger partial charge in [-0.3, -0.25) is 9.89 Å². The van der Waals surface area contributed by atoms with Crippen LogP contribution < -0.4 is 10.1 Å². The number of halogens is 3. The fraction of sp³-hybridized carbons (Fsp3) is 0.167. The van der Waals surface area contributed by atoms with E-state index in [9.17, 15) is 18.0 Å². The second-order valence-corrected chi connectivity index (χ2v) is 9.45. The molecule has 3 aromatic carbocycles. The third kappa shape index (κ3) is 7.20. The molecular weight excluding hydrogens is 537 g/mol. The molecule has 0 unspecified atom stereocenters. The Morgan fingerprint density at radius 1 is 1.02 bits per heavy atom. The smallest absolute Gasteiger partial charge is 0.490 e. The predicted molar refractivity (Wildman–Crippen MR) is 152 cm³/mol. The van der Waals surface area contributed by atoms with Gasteiger partial charge in [0.05, 0.1) is 18.3 Å². The van der Waals surface area contributed by atoms with Gasteiger partial charge >= 0.3 is 12.1 Å². The summed E-state index contributed by atoms with van der Waals surface area (Å²) >= 11 is 0. The van der Waals surface area contributed by atoms with Gasteiger partial charge in [-0.2, -0.15) is 18.3 Å². The Bertz CT molecular complexity index is 1640. The Balaban J connectivity index is 0.000000493. The van der Waals surface area contributed by atoms with Crippen molar-refractivity contribution in [3.05, 3.63) is 88.6 Å². The molecule has 8 nitrogen and oxygen atoms in total. The predicted octanol–water partition coefficient (Wildman–Crippen LogP) is 5.93. The quantitative estimate of drug-likeness (QED) is 0.251. The molecule has 2 heterocycles. The lowest BCUT2D eigenvalue weighted by Crippen LogP contribution is -2.21. The van der Waals surface area contributed by atoms with E-state index in [0.29, 0.717) is 11.3 Å². The highest BCUT2D eigenvalue weighted by molar-refractivity contribution is 6.35. The van der Waals surface area contributed by atoms with Gasteiger partial charge in [0.25, 0.3) is 5.91 Å². The van der Waals surface area contributed by atoms with E-state index in [2.05, 4.69) is 64.9 Å². The van der Waals surface area contributed by atoms with Gasteiger partial charge in [-0.1, -0.05) is 36.4 Å². The van der Waals surface area contributed by atoms with Gasteiger partial charge in [-0.05, 0) is 73.3 Å². The second-order valence-electron chi connectivity index (χ2n) is 9.45. The minimum Gasteiger partial charge on any atom is -0.497 e. The largest absolute Gasteiger partial charge is 0.497 e. The van der Waals surface area contributed by atoms with Crippen molar-refractivity contribution in [3.63, 3.8) is 0 Å². The molecule has 41 heavy (non-hydrogen) atoms. The maximum Gasteiger partial charge on any atom is 0.490 e. The normalized spacial score (nSPS) is 13.8. The average Bonchev–Trinajstić information content (AvgIpc) is 3.47. The lowest BCUT2D eigenvalue weighted by atomic mass is 10.0. The summed E-state index contributed by atoms with van der Waals surface area (Å²) in [6.45, 7) is 0.924. The number of aliphatic carboxylic acids is 1. The molecule has 0 saturated carbocycles. The monoisotopic (exact) mass is 564 g/mol. The number of nitrogens with one attached hydrogen (secondary N) is 2. The molecule has 1 aromatic heterocycles. The maximum atomic E-state index is 12.5. The van der Waals surface area contributed by atoms with Gasteiger partial charge in [-0.25, -0.2) is 4.79 Å². The Labute approximate surface area is 233 Å². The first-order chi connectivity index (χ1) is 19.4. The molecule has 4 aromatic rings. The third-order valence-corrected chi connectivity index (χ3v) is 6.09. The van der Waals surface area contributed by atoms with Gasteiger partial charge in [-0.15, -0.1) is 0 Å². The number of benzene rings is 3. The molecule has 0 radical (unpaired) electrons. The zero-order valence-electron chi connectivity index (χ0n) is 22.4. The number of hydrogen-bond donors (Lipinski definition) is 3. The summed E-state index contributed by atoms with van der Waals surface area (Å²) in [6, 6.07) is 20.2. The third-order valence-electron chi connectivity index (χ3n) is 6.09. The minimum atomic E-state index is -5.08. The van der Waals surface area contributed by atoms with Crippen molar-refractivity contribution in [2.75, 3.05) is 26.5 Å². The van der Waals surface area contributed by atoms with Crippen LogP contribution in [0.2, 0.25) is 0 Å². The number of methoxy groups -OCH3 is 1. The summed E-state index contributed by atoms with van der Waals surface area (Å²) in [5.41, 5.74) is 7.37. The van der Waals surface area contributed by atoms with Gasteiger partial charge in [0, 0.05) is 28.8 Å². The van der Waals surface area contributed by atoms with Crippen LogP contribution in [0.15, 0.2) is 60.7 Å². The first-order valence-corrected chi connectivity index (χ1v) is 12.4. The number of alkyl halides is 3. The lowest BCUT2D eigenvalue weighted by molar-refractivity contribution is -0.192. The van der Waals surface area contributed by atoms with Crippen LogP contribution >= 0.6 is 0 Å². The van der Waals surface area contributed by atoms with Crippen LogP contribution in [0.25, 0.3) is 34.7 Å². The van der Waals surface area contributed by atoms with E-state index in [1.165, 1.54) is 5.56 Å². The molecule has 0 fully saturated rings. The van der Waals surface area contributed by atoms with Crippen LogP contribution in [0.5, 0.6) is 5.75 Å². The zero-order chi connectivity index (χ0) is 29.7. The molecule has 5 rings (SSSR count). The van der Waals surface area contributed by atoms with Crippen LogP contribution in [0, 0.1) is 0 Å². The molecule has 1 aliphatic rings. The van der Waals surface area contributed by atoms with Crippen LogP contribution in [-0.2, 0) is 16.1 Å². The van der Waals surface area contributed by atoms with Crippen molar-refractivity contribution in [2.24, 2.45) is 0 Å². The highest BCUT2D eigenvalue weighted by Crippen LogP contribution is 2.36. The van der Waals surface area contributed by atoms with Gasteiger partial charge in [0.2, 0.25) is 0 Å². The van der Waals surface area contributed by atoms with E-state index < -0.39 is 12.1 Å². The van der Waals surface area contributed by atoms with Crippen LogP contribution in [-0.4, -0.2) is 59.5 Å². The first-order valence-electron chi connectivity index (χ1n) is 12.4. The molecule has 0 aliphatic carbocycles. The minimum absolute atomic E-state index is 0.117. The zero-order valence-corrected chi connectivity index (χ0v) is 22.4. The maximum absolute atomic E-state index is 12.5. The summed E-state index contributed by atoms with van der Waals surface area (Å²) in [5.74, 6) is -2.16. The number of hydrogen-bond acceptors (Lipinski definition) is 5. The number of aromatic nitrogens is 2. The van der Waals surface area contributed by atoms with Crippen molar-refractivity contribution in [2.45, 2.75) is 12.7 Å². The lowest BCUT2D eigenvalue weighted by Gasteiger charge is -2.09. The fourth-order valence-electron chi connectivity index (χ4n) is 4.15. The highest BCUT2D eigenvalue weighted by atomic mass is 19.4. The molecule has 212 valence electrons. The van der Waals surface area contributed by atoms with Crippen molar-refractivity contribution >= 4 is 52.3 Å². The van der Waals surface area contributed by atoms with E-state index >= 15 is 0 Å². The number of ether oxygens (including phenoxy) is 1. The summed E-state index contributed by atoms with van der Waals surface area (Å²) in [5, 5.41) is 18.7. The molecule has 0 bridgehead atoms. The Kier molecular flexibility index (Phi) is 8.58. The number of carboxylic acids is 1. The molecule has 1 aliphatic heterocycles. The fourth-order valence-corrected chi connectivity index (χ4v) is 4.15. The van der Waals surface area contributed by atoms with E-state index in [1.807, 2.05) is 48.6 Å². The number of fused-ring (bicyclic) bond motifs is 2. The molecule has 11 heteroatoms. The molecule has 0 spiro atoms. The summed E-state index contributed by atoms with van der Waals surface area (Å²) < 4.78 is 37.1. The number of anilines is 1. The van der Waals surface area contributed by atoms with Gasteiger partial charge < -0.3 is 20.1 Å². The number of carbonyl (C=O) groups is 2. The Morgan fingerprint density at radius 2 is 1.71 bits per heavy atom. The molecule has 1 amide bonds. The SMILES string of the molecule is COc1ccc2c(c1)/C(=C/c1ccc3c(/C=C/c4ccc(CN(C)C)cc4)n[nH]c3c1)C(=O)N2.O=C(O)C(F)(F)F. The summed E-state index contributed by atoms with van der Waals surface area (Å²) in [6.07, 6.45) is 0.897. The topological polar surface area (TPSA) is 108 Å². The Hall–Kier alpha value is -4.90. The van der Waals surface area contributed by atoms with Crippen LogP contribution in [0.4, 0.5) is 18.9 Å². The van der Waals surface area contributed by atoms with Crippen molar-refractivity contribution in [1.29, 1.82) is 0 Å². The van der Waals surface area contributed by atoms with Gasteiger partial charge in [0.1, 0.15) is 5.75 Å². The second kappa shape index (κ2) is 12.1. The van der Waals surface area contributed by atoms with Crippen molar-refractivity contribution < 1.29 is 32.6 Å². The van der Waals surface area contributed by atoms with Crippen LogP contribution in [0.3, 0.4) is 0 Å². The van der Waals surface area contributed by atoms with Crippen molar-refractivity contribution in [3.8, 4) is 5.75 Å². The summed E-state index contributed by atoms with van der Waals surface area (Å²) in [4.78, 5) is 23.6. The van der Waals surface area contributed by atoms with E-state index in [0.717, 1.165) is 45.5 Å². The molecule has 0 atom stereocenters. The van der Waals surface area contributed by atoms with E-state index in [-0.39, 0.29) is 5.91 Å². The number of nitrogens with zero attached hydrogens (tertiary/aromatic N) is 2. The summed E-state index contributed by atoms with van der Waals surface area (Å²) in [7, 11) is 5.75. The standard InChI is InChI=1S/C28H26N4O2.C2HF3O2/c1-32(2)17-19-6-4-18(5-7-19)9-12-26-22-11-8-20(15-27(22)31-30-26)14-24-23-16-21(34-3)10-13-25(23)29-28(24)33;3-2(4,5)1(6)7/h4-16H,17H2,1-3H3,(H,29,33)(H,30,31);(H,6,7)/b12-9+,24-14-;. The van der Waals surface area contributed by atoms with Gasteiger partial charge in [0.15, 0.2) is 0 Å². The van der Waals surface area contributed by atoms with E-state index in [4.69, 9.17) is 14.6 Å². The Morgan fingerprint density at radius 3 is 2.34 bits per heavy atom. The number of carbonyl (C=O) groups excluding carboxylic acids is 1. The molecule has 3 N–H and O–H groups in total. The number of rotatable bonds is 6. The first kappa shape index (κ1) is 29.1. The van der Waals surface area contributed by atoms with E-state index in [1.54, 1.807) is 7.11 Å². The number of H-pyrrole nitrogens is 1. The number of carboxylic acid groups (broad SMARTS) is 1. The van der Waals surface area contributed by atoms with Crippen molar-refractivity contribution in [1.82, 2.24) is 15.1 Å². The molecular formula is C30H27F3N4O4. The molecule has 0 saturated heterocycles. The average molecular weight is 565 g/mol. The number of amides is 1. The van der Waals surface area contributed by atoms with Crippen LogP contribution in [0.1, 0.15) is 27.9 Å². The highest BCUT2D eigenvalue weighted by Gasteiger charge is 2.38.